The molecule has 4 nitrogen and oxygen atoms in total. The summed E-state index contributed by atoms with van der Waals surface area (Å²) in [6, 6.07) is 0.999. The minimum absolute atomic E-state index is 0.171. The zero-order chi connectivity index (χ0) is 14.8. The Morgan fingerprint density at radius 3 is 2.50 bits per heavy atom. The van der Waals surface area contributed by atoms with Gasteiger partial charge in [0, 0.05) is 25.2 Å². The van der Waals surface area contributed by atoms with Crippen LogP contribution in [0, 0.1) is 5.92 Å². The van der Waals surface area contributed by atoms with Gasteiger partial charge in [-0.3, -0.25) is 0 Å². The van der Waals surface area contributed by atoms with E-state index in [1.54, 1.807) is 0 Å². The minimum Gasteiger partial charge on any atom is -0.444 e. The molecule has 1 unspecified atom stereocenters. The highest BCUT2D eigenvalue weighted by Gasteiger charge is 2.31. The van der Waals surface area contributed by atoms with E-state index >= 15 is 0 Å². The lowest BCUT2D eigenvalue weighted by Gasteiger charge is -2.26. The largest absolute Gasteiger partial charge is 0.444 e. The third-order valence-electron chi connectivity index (χ3n) is 4.45. The second kappa shape index (κ2) is 6.33. The van der Waals surface area contributed by atoms with Gasteiger partial charge in [-0.05, 0) is 52.9 Å². The van der Waals surface area contributed by atoms with Gasteiger partial charge >= 0.3 is 6.09 Å². The SMILES string of the molecule is C[C@H](NC1CCN(C(=O)OC(C)(C)C)C1)C1CCCC1. The van der Waals surface area contributed by atoms with Crippen LogP contribution < -0.4 is 5.32 Å². The van der Waals surface area contributed by atoms with E-state index in [-0.39, 0.29) is 6.09 Å². The van der Waals surface area contributed by atoms with Gasteiger partial charge in [-0.1, -0.05) is 12.8 Å². The molecule has 1 amide bonds. The monoisotopic (exact) mass is 282 g/mol. The van der Waals surface area contributed by atoms with E-state index in [2.05, 4.69) is 12.2 Å². The highest BCUT2D eigenvalue weighted by atomic mass is 16.6. The molecule has 0 aromatic heterocycles. The van der Waals surface area contributed by atoms with Gasteiger partial charge in [-0.2, -0.15) is 0 Å². The molecule has 20 heavy (non-hydrogen) atoms. The Labute approximate surface area is 123 Å². The number of carbonyl (C=O) groups is 1. The number of amides is 1. The highest BCUT2D eigenvalue weighted by Crippen LogP contribution is 2.28. The average Bonchev–Trinajstić information content (AvgIpc) is 2.97. The molecular formula is C16H30N2O2. The molecule has 0 aromatic rings. The van der Waals surface area contributed by atoms with Crippen molar-refractivity contribution >= 4 is 6.09 Å². The number of nitrogens with one attached hydrogen (secondary N) is 1. The molecular weight excluding hydrogens is 252 g/mol. The molecule has 1 saturated heterocycles. The van der Waals surface area contributed by atoms with Crippen molar-refractivity contribution in [3.8, 4) is 0 Å². The topological polar surface area (TPSA) is 41.6 Å². The predicted octanol–water partition coefficient (Wildman–Crippen LogP) is 3.16. The van der Waals surface area contributed by atoms with Crippen molar-refractivity contribution in [2.45, 2.75) is 77.5 Å². The Kier molecular flexibility index (Phi) is 4.95. The normalized spacial score (nSPS) is 26.0. The first kappa shape index (κ1) is 15.6. The molecule has 0 spiro atoms. The summed E-state index contributed by atoms with van der Waals surface area (Å²) < 4.78 is 5.43. The van der Waals surface area contributed by atoms with E-state index in [9.17, 15) is 4.79 Å². The molecule has 2 fully saturated rings. The number of nitrogens with zero attached hydrogens (tertiary/aromatic N) is 1. The zero-order valence-electron chi connectivity index (χ0n) is 13.4. The van der Waals surface area contributed by atoms with Gasteiger partial charge in [-0.15, -0.1) is 0 Å². The lowest BCUT2D eigenvalue weighted by atomic mass is 9.99. The molecule has 1 heterocycles. The third kappa shape index (κ3) is 4.37. The Bertz CT molecular complexity index is 332. The lowest BCUT2D eigenvalue weighted by Crippen LogP contribution is -2.43. The maximum Gasteiger partial charge on any atom is 0.410 e. The van der Waals surface area contributed by atoms with Crippen molar-refractivity contribution in [1.82, 2.24) is 10.2 Å². The first-order valence-electron chi connectivity index (χ1n) is 8.09. The van der Waals surface area contributed by atoms with Crippen LogP contribution in [0.15, 0.2) is 0 Å². The molecule has 2 aliphatic rings. The maximum atomic E-state index is 12.0. The van der Waals surface area contributed by atoms with Crippen LogP contribution in [0.1, 0.15) is 59.8 Å². The molecule has 1 N–H and O–H groups in total. The second-order valence-electron chi connectivity index (χ2n) is 7.41. The highest BCUT2D eigenvalue weighted by molar-refractivity contribution is 5.68. The summed E-state index contributed by atoms with van der Waals surface area (Å²) in [4.78, 5) is 13.9. The fraction of sp³-hybridized carbons (Fsp3) is 0.938. The summed E-state index contributed by atoms with van der Waals surface area (Å²) in [6.45, 7) is 9.64. The van der Waals surface area contributed by atoms with Crippen molar-refractivity contribution in [2.75, 3.05) is 13.1 Å². The zero-order valence-corrected chi connectivity index (χ0v) is 13.4. The summed E-state index contributed by atoms with van der Waals surface area (Å²) in [7, 11) is 0. The van der Waals surface area contributed by atoms with E-state index in [1.807, 2.05) is 25.7 Å². The number of rotatable bonds is 3. The van der Waals surface area contributed by atoms with Gasteiger partial charge in [0.15, 0.2) is 0 Å². The quantitative estimate of drug-likeness (QED) is 0.864. The van der Waals surface area contributed by atoms with Crippen molar-refractivity contribution in [3.05, 3.63) is 0 Å². The summed E-state index contributed by atoms with van der Waals surface area (Å²) >= 11 is 0. The van der Waals surface area contributed by atoms with Crippen LogP contribution in [0.5, 0.6) is 0 Å². The molecule has 4 heteroatoms. The predicted molar refractivity (Wildman–Crippen MR) is 80.8 cm³/mol. The molecule has 116 valence electrons. The first-order valence-corrected chi connectivity index (χ1v) is 8.09. The summed E-state index contributed by atoms with van der Waals surface area (Å²) in [5.74, 6) is 0.825. The van der Waals surface area contributed by atoms with Gasteiger partial charge in [0.1, 0.15) is 5.60 Å². The van der Waals surface area contributed by atoms with Crippen LogP contribution in [-0.4, -0.2) is 41.8 Å². The van der Waals surface area contributed by atoms with E-state index in [4.69, 9.17) is 4.74 Å². The van der Waals surface area contributed by atoms with Crippen LogP contribution in [-0.2, 0) is 4.74 Å². The van der Waals surface area contributed by atoms with Gasteiger partial charge in [0.2, 0.25) is 0 Å². The van der Waals surface area contributed by atoms with Crippen molar-refractivity contribution < 1.29 is 9.53 Å². The number of hydrogen-bond acceptors (Lipinski definition) is 3. The van der Waals surface area contributed by atoms with E-state index in [1.165, 1.54) is 25.7 Å². The van der Waals surface area contributed by atoms with E-state index in [0.717, 1.165) is 25.4 Å². The Morgan fingerprint density at radius 2 is 1.90 bits per heavy atom. The standard InChI is InChI=1S/C16H30N2O2/c1-12(13-7-5-6-8-13)17-14-9-10-18(11-14)15(19)20-16(2,3)4/h12-14,17H,5-11H2,1-4H3/t12-,14?/m0/s1. The van der Waals surface area contributed by atoms with Crippen LogP contribution in [0.2, 0.25) is 0 Å². The Morgan fingerprint density at radius 1 is 1.25 bits per heavy atom. The first-order chi connectivity index (χ1) is 9.35. The van der Waals surface area contributed by atoms with Gasteiger partial charge in [0.05, 0.1) is 0 Å². The number of ether oxygens (including phenoxy) is 1. The van der Waals surface area contributed by atoms with Crippen LogP contribution in [0.3, 0.4) is 0 Å². The van der Waals surface area contributed by atoms with Crippen molar-refractivity contribution in [1.29, 1.82) is 0 Å². The summed E-state index contributed by atoms with van der Waals surface area (Å²) in [5.41, 5.74) is -0.403. The maximum absolute atomic E-state index is 12.0. The smallest absolute Gasteiger partial charge is 0.410 e. The fourth-order valence-corrected chi connectivity index (χ4v) is 3.35. The molecule has 0 aromatic carbocycles. The van der Waals surface area contributed by atoms with Gasteiger partial charge < -0.3 is 15.0 Å². The molecule has 1 saturated carbocycles. The molecule has 1 aliphatic carbocycles. The molecule has 0 bridgehead atoms. The van der Waals surface area contributed by atoms with E-state index < -0.39 is 5.60 Å². The number of hydrogen-bond donors (Lipinski definition) is 1. The van der Waals surface area contributed by atoms with Crippen LogP contribution in [0.4, 0.5) is 4.79 Å². The summed E-state index contributed by atoms with van der Waals surface area (Å²) in [6.07, 6.45) is 6.34. The van der Waals surface area contributed by atoms with Gasteiger partial charge in [0.25, 0.3) is 0 Å². The Balaban J connectivity index is 1.75. The molecule has 2 atom stereocenters. The molecule has 1 aliphatic heterocycles. The number of carbonyl (C=O) groups excluding carboxylic acids is 1. The van der Waals surface area contributed by atoms with Crippen LogP contribution >= 0.6 is 0 Å². The molecule has 2 rings (SSSR count). The number of likely N-dealkylation sites (tertiary alicyclic amines) is 1. The average molecular weight is 282 g/mol. The van der Waals surface area contributed by atoms with Crippen LogP contribution in [0.25, 0.3) is 0 Å². The van der Waals surface area contributed by atoms with Crippen molar-refractivity contribution in [3.63, 3.8) is 0 Å². The third-order valence-corrected chi connectivity index (χ3v) is 4.45. The Hall–Kier alpha value is -0.770. The van der Waals surface area contributed by atoms with E-state index in [0.29, 0.717) is 12.1 Å². The van der Waals surface area contributed by atoms with Crippen molar-refractivity contribution in [2.24, 2.45) is 5.92 Å². The second-order valence-corrected chi connectivity index (χ2v) is 7.41. The van der Waals surface area contributed by atoms with Gasteiger partial charge in [-0.25, -0.2) is 4.79 Å². The minimum atomic E-state index is -0.403. The summed E-state index contributed by atoms with van der Waals surface area (Å²) in [5, 5.41) is 3.72. The molecule has 0 radical (unpaired) electrons. The lowest BCUT2D eigenvalue weighted by molar-refractivity contribution is 0.0290. The fourth-order valence-electron chi connectivity index (χ4n) is 3.35.